The van der Waals surface area contributed by atoms with Gasteiger partial charge in [-0.05, 0) is 46.1 Å². The maximum absolute atomic E-state index is 11.4. The Labute approximate surface area is 134 Å². The molecule has 0 saturated heterocycles. The molecule has 2 aromatic heterocycles. The molecule has 2 N–H and O–H groups in total. The quantitative estimate of drug-likeness (QED) is 0.529. The number of aromatic amines is 2. The van der Waals surface area contributed by atoms with Crippen LogP contribution in [0.1, 0.15) is 21.0 Å². The van der Waals surface area contributed by atoms with E-state index in [2.05, 4.69) is 9.97 Å². The van der Waals surface area contributed by atoms with E-state index in [0.29, 0.717) is 11.4 Å². The molecule has 6 heteroatoms. The number of halogens is 2. The molecule has 108 valence electrons. The minimum absolute atomic E-state index is 0.308. The third-order valence-corrected chi connectivity index (χ3v) is 4.22. The van der Waals surface area contributed by atoms with Gasteiger partial charge in [-0.3, -0.25) is 9.59 Å². The molecule has 0 atom stereocenters. The molecule has 0 aliphatic heterocycles. The van der Waals surface area contributed by atoms with Crippen molar-refractivity contribution in [1.29, 1.82) is 0 Å². The number of hydrogen-bond donors (Lipinski definition) is 2. The zero-order chi connectivity index (χ0) is 15.4. The van der Waals surface area contributed by atoms with Crippen LogP contribution in [0, 0.1) is 0 Å². The highest BCUT2D eigenvalue weighted by atomic mass is 35.5. The first-order valence-corrected chi connectivity index (χ1v) is 7.27. The molecule has 0 aliphatic carbocycles. The average Bonchev–Trinajstić information content (AvgIpc) is 3.12. The molecule has 0 radical (unpaired) electrons. The molecule has 0 bridgehead atoms. The van der Waals surface area contributed by atoms with Crippen LogP contribution in [-0.2, 0) is 0 Å². The third-order valence-electron chi connectivity index (χ3n) is 3.82. The van der Waals surface area contributed by atoms with Crippen molar-refractivity contribution in [2.45, 2.75) is 0 Å². The fourth-order valence-electron chi connectivity index (χ4n) is 2.89. The van der Waals surface area contributed by atoms with E-state index >= 15 is 0 Å². The third kappa shape index (κ3) is 1.78. The molecule has 0 amide bonds. The fraction of sp³-hybridized carbons (Fsp3) is 0. The van der Waals surface area contributed by atoms with Crippen LogP contribution in [0.2, 0.25) is 0 Å². The van der Waals surface area contributed by atoms with Crippen molar-refractivity contribution in [3.05, 3.63) is 47.8 Å². The van der Waals surface area contributed by atoms with Crippen molar-refractivity contribution in [1.82, 2.24) is 9.97 Å². The molecule has 4 rings (SSSR count). The highest BCUT2D eigenvalue weighted by molar-refractivity contribution is 6.68. The smallest absolute Gasteiger partial charge is 0.268 e. The Balaban J connectivity index is 2.28. The summed E-state index contributed by atoms with van der Waals surface area (Å²) in [6.07, 6.45) is 0. The van der Waals surface area contributed by atoms with Crippen molar-refractivity contribution in [3.63, 3.8) is 0 Å². The normalized spacial score (nSPS) is 11.5. The van der Waals surface area contributed by atoms with E-state index in [-0.39, 0.29) is 0 Å². The molecule has 0 saturated carbocycles. The van der Waals surface area contributed by atoms with Crippen LogP contribution < -0.4 is 0 Å². The summed E-state index contributed by atoms with van der Waals surface area (Å²) in [7, 11) is 0. The van der Waals surface area contributed by atoms with Crippen molar-refractivity contribution in [2.24, 2.45) is 0 Å². The van der Waals surface area contributed by atoms with Crippen molar-refractivity contribution < 1.29 is 9.59 Å². The number of hydrogen-bond acceptors (Lipinski definition) is 2. The molecule has 2 aromatic carbocycles. The molecule has 22 heavy (non-hydrogen) atoms. The summed E-state index contributed by atoms with van der Waals surface area (Å²) in [5.74, 6) is 0. The Morgan fingerprint density at radius 2 is 1.14 bits per heavy atom. The van der Waals surface area contributed by atoms with Gasteiger partial charge in [0.2, 0.25) is 0 Å². The lowest BCUT2D eigenvalue weighted by atomic mass is 10.0. The SMILES string of the molecule is O=C(Cl)c1cc2c3ccccc3c3cc(C(=O)Cl)[nH]c3c2[nH]1. The minimum atomic E-state index is -0.561. The molecule has 2 heterocycles. The van der Waals surface area contributed by atoms with Gasteiger partial charge in [-0.15, -0.1) is 0 Å². The Hall–Kier alpha value is -2.30. The summed E-state index contributed by atoms with van der Waals surface area (Å²) in [6, 6.07) is 11.2. The second-order valence-electron chi connectivity index (χ2n) is 5.04. The Kier molecular flexibility index (Phi) is 2.79. The predicted octanol–water partition coefficient (Wildman–Crippen LogP) is 4.56. The summed E-state index contributed by atoms with van der Waals surface area (Å²) in [6.45, 7) is 0. The van der Waals surface area contributed by atoms with Gasteiger partial charge in [0.25, 0.3) is 10.5 Å². The van der Waals surface area contributed by atoms with E-state index in [4.69, 9.17) is 23.2 Å². The number of benzene rings is 2. The van der Waals surface area contributed by atoms with E-state index in [0.717, 1.165) is 32.6 Å². The molecular weight excluding hydrogens is 323 g/mol. The molecule has 0 unspecified atom stereocenters. The van der Waals surface area contributed by atoms with Gasteiger partial charge >= 0.3 is 0 Å². The van der Waals surface area contributed by atoms with Crippen LogP contribution in [0.5, 0.6) is 0 Å². The Bertz CT molecular complexity index is 1000. The van der Waals surface area contributed by atoms with Gasteiger partial charge in [0.15, 0.2) is 0 Å². The summed E-state index contributed by atoms with van der Waals surface area (Å²) >= 11 is 11.2. The Morgan fingerprint density at radius 3 is 1.50 bits per heavy atom. The second-order valence-corrected chi connectivity index (χ2v) is 5.72. The van der Waals surface area contributed by atoms with Gasteiger partial charge in [0.05, 0.1) is 22.4 Å². The average molecular weight is 331 g/mol. The maximum Gasteiger partial charge on any atom is 0.268 e. The number of aromatic nitrogens is 2. The van der Waals surface area contributed by atoms with Gasteiger partial charge in [-0.1, -0.05) is 24.3 Å². The van der Waals surface area contributed by atoms with E-state index < -0.39 is 10.5 Å². The second kappa shape index (κ2) is 4.60. The molecular formula is C16H8Cl2N2O2. The molecule has 4 nitrogen and oxygen atoms in total. The number of carbonyl (C=O) groups is 2. The summed E-state index contributed by atoms with van der Waals surface area (Å²) in [5, 5.41) is 2.54. The van der Waals surface area contributed by atoms with Gasteiger partial charge in [0, 0.05) is 10.8 Å². The lowest BCUT2D eigenvalue weighted by molar-refractivity contribution is 0.107. The fourth-order valence-corrected chi connectivity index (χ4v) is 3.10. The highest BCUT2D eigenvalue weighted by Crippen LogP contribution is 2.35. The monoisotopic (exact) mass is 330 g/mol. The first-order chi connectivity index (χ1) is 10.6. The van der Waals surface area contributed by atoms with E-state index in [1.54, 1.807) is 12.1 Å². The van der Waals surface area contributed by atoms with Crippen LogP contribution in [0.15, 0.2) is 36.4 Å². The number of nitrogens with one attached hydrogen (secondary N) is 2. The lowest BCUT2D eigenvalue weighted by Gasteiger charge is -2.02. The van der Waals surface area contributed by atoms with Gasteiger partial charge in [-0.25, -0.2) is 0 Å². The lowest BCUT2D eigenvalue weighted by Crippen LogP contribution is -1.87. The largest absolute Gasteiger partial charge is 0.349 e. The van der Waals surface area contributed by atoms with Crippen LogP contribution in [-0.4, -0.2) is 20.5 Å². The van der Waals surface area contributed by atoms with Crippen molar-refractivity contribution in [3.8, 4) is 0 Å². The molecule has 0 aliphatic rings. The highest BCUT2D eigenvalue weighted by Gasteiger charge is 2.17. The topological polar surface area (TPSA) is 65.7 Å². The van der Waals surface area contributed by atoms with Crippen molar-refractivity contribution in [2.75, 3.05) is 0 Å². The predicted molar refractivity (Wildman–Crippen MR) is 88.0 cm³/mol. The number of H-pyrrole nitrogens is 2. The van der Waals surface area contributed by atoms with Crippen LogP contribution in [0.4, 0.5) is 0 Å². The number of carbonyl (C=O) groups excluding carboxylic acids is 2. The Morgan fingerprint density at radius 1 is 0.727 bits per heavy atom. The van der Waals surface area contributed by atoms with Crippen LogP contribution >= 0.6 is 23.2 Å². The van der Waals surface area contributed by atoms with E-state index in [1.807, 2.05) is 24.3 Å². The van der Waals surface area contributed by atoms with Crippen LogP contribution in [0.3, 0.4) is 0 Å². The number of fused-ring (bicyclic) bond motifs is 6. The summed E-state index contributed by atoms with van der Waals surface area (Å²) < 4.78 is 0. The van der Waals surface area contributed by atoms with Crippen LogP contribution in [0.25, 0.3) is 32.6 Å². The molecule has 0 spiro atoms. The standard InChI is InChI=1S/C16H8Cl2N2O2/c17-15(21)11-5-9-7-3-1-2-4-8(7)10-6-12(16(18)22)20-14(10)13(9)19-11/h1-6,19-20H. The van der Waals surface area contributed by atoms with Gasteiger partial charge < -0.3 is 9.97 Å². The maximum atomic E-state index is 11.4. The minimum Gasteiger partial charge on any atom is -0.349 e. The van der Waals surface area contributed by atoms with Crippen molar-refractivity contribution >= 4 is 66.3 Å². The zero-order valence-corrected chi connectivity index (χ0v) is 12.5. The first-order valence-electron chi connectivity index (χ1n) is 6.52. The summed E-state index contributed by atoms with van der Waals surface area (Å²) in [4.78, 5) is 28.9. The van der Waals surface area contributed by atoms with Gasteiger partial charge in [-0.2, -0.15) is 0 Å². The zero-order valence-electron chi connectivity index (χ0n) is 11.0. The molecule has 0 fully saturated rings. The first kappa shape index (κ1) is 13.4. The van der Waals surface area contributed by atoms with E-state index in [9.17, 15) is 9.59 Å². The van der Waals surface area contributed by atoms with E-state index in [1.165, 1.54) is 0 Å². The number of rotatable bonds is 2. The molecule has 4 aromatic rings. The van der Waals surface area contributed by atoms with Gasteiger partial charge in [0.1, 0.15) is 0 Å². The summed E-state index contributed by atoms with van der Waals surface area (Å²) in [5.41, 5.74) is 2.06.